The first kappa shape index (κ1) is 20.8. The third-order valence-corrected chi connectivity index (χ3v) is 8.47. The van der Waals surface area contributed by atoms with Crippen molar-refractivity contribution in [3.05, 3.63) is 132 Å². The topological polar surface area (TPSA) is 46.2 Å². The van der Waals surface area contributed by atoms with Gasteiger partial charge in [0.25, 0.3) is 5.91 Å². The lowest BCUT2D eigenvalue weighted by atomic mass is 10.1. The van der Waals surface area contributed by atoms with E-state index in [1.807, 2.05) is 109 Å². The molecule has 1 atom stereocenters. The molecule has 154 valence electrons. The Morgan fingerprint density at radius 2 is 1.06 bits per heavy atom. The Kier molecular flexibility index (Phi) is 6.45. The number of hydrogen-bond acceptors (Lipinski definition) is 2. The average Bonchev–Trinajstić information content (AvgIpc) is 2.85. The molecule has 4 aromatic carbocycles. The molecule has 0 saturated carbocycles. The molecule has 4 heteroatoms. The second kappa shape index (κ2) is 9.59. The van der Waals surface area contributed by atoms with Gasteiger partial charge in [0.2, 0.25) is 0 Å². The van der Waals surface area contributed by atoms with Crippen molar-refractivity contribution in [1.82, 2.24) is 5.32 Å². The van der Waals surface area contributed by atoms with Crippen molar-refractivity contribution >= 4 is 23.7 Å². The van der Waals surface area contributed by atoms with Gasteiger partial charge in [0.1, 0.15) is 7.14 Å². The summed E-state index contributed by atoms with van der Waals surface area (Å²) in [5, 5.41) is 4.71. The molecule has 0 unspecified atom stereocenters. The minimum atomic E-state index is -3.01. The van der Waals surface area contributed by atoms with Crippen LogP contribution in [0, 0.1) is 0 Å². The molecule has 0 saturated heterocycles. The summed E-state index contributed by atoms with van der Waals surface area (Å²) in [6, 6.07) is 37.6. The highest BCUT2D eigenvalue weighted by atomic mass is 31.2. The zero-order valence-electron chi connectivity index (χ0n) is 17.1. The van der Waals surface area contributed by atoms with Gasteiger partial charge in [-0.1, -0.05) is 109 Å². The van der Waals surface area contributed by atoms with Crippen molar-refractivity contribution in [3.8, 4) is 0 Å². The summed E-state index contributed by atoms with van der Waals surface area (Å²) < 4.78 is 14.6. The van der Waals surface area contributed by atoms with Crippen LogP contribution in [0.1, 0.15) is 22.0 Å². The van der Waals surface area contributed by atoms with Crippen LogP contribution in [0.2, 0.25) is 0 Å². The summed E-state index contributed by atoms with van der Waals surface area (Å²) in [5.74, 6) is -0.179. The molecule has 0 heterocycles. The molecule has 0 radical (unpaired) electrons. The normalized spacial score (nSPS) is 12.1. The maximum atomic E-state index is 14.6. The lowest BCUT2D eigenvalue weighted by Crippen LogP contribution is -2.33. The molecule has 4 aromatic rings. The van der Waals surface area contributed by atoms with Gasteiger partial charge in [-0.15, -0.1) is 0 Å². The van der Waals surface area contributed by atoms with Crippen LogP contribution in [0.5, 0.6) is 0 Å². The molecule has 0 aliphatic rings. The molecule has 0 spiro atoms. The summed E-state index contributed by atoms with van der Waals surface area (Å²) in [6.45, 7) is 0. The predicted octanol–water partition coefficient (Wildman–Crippen LogP) is 5.17. The molecular formula is C27H24NO2P. The third-order valence-electron chi connectivity index (χ3n) is 5.33. The lowest BCUT2D eigenvalue weighted by Gasteiger charge is -2.26. The van der Waals surface area contributed by atoms with E-state index in [-0.39, 0.29) is 5.91 Å². The van der Waals surface area contributed by atoms with E-state index in [4.69, 9.17) is 0 Å². The SMILES string of the molecule is O=C(N[C@H](CP(=O)(c1ccccc1)c1ccccc1)c1ccccc1)c1ccccc1. The van der Waals surface area contributed by atoms with E-state index < -0.39 is 13.2 Å². The van der Waals surface area contributed by atoms with Crippen molar-refractivity contribution in [2.75, 3.05) is 6.16 Å². The van der Waals surface area contributed by atoms with Crippen LogP contribution in [-0.4, -0.2) is 12.1 Å². The Balaban J connectivity index is 1.75. The van der Waals surface area contributed by atoms with Crippen molar-refractivity contribution in [2.24, 2.45) is 0 Å². The van der Waals surface area contributed by atoms with E-state index in [0.717, 1.165) is 16.2 Å². The van der Waals surface area contributed by atoms with Crippen LogP contribution in [0.3, 0.4) is 0 Å². The van der Waals surface area contributed by atoms with Gasteiger partial charge >= 0.3 is 0 Å². The Morgan fingerprint density at radius 1 is 0.645 bits per heavy atom. The number of carbonyl (C=O) groups is 1. The van der Waals surface area contributed by atoms with E-state index >= 15 is 0 Å². The van der Waals surface area contributed by atoms with Crippen LogP contribution in [-0.2, 0) is 4.57 Å². The molecular weight excluding hydrogens is 401 g/mol. The van der Waals surface area contributed by atoms with Crippen LogP contribution < -0.4 is 15.9 Å². The van der Waals surface area contributed by atoms with Crippen molar-refractivity contribution < 1.29 is 9.36 Å². The molecule has 0 aromatic heterocycles. The van der Waals surface area contributed by atoms with E-state index in [0.29, 0.717) is 11.7 Å². The number of amides is 1. The van der Waals surface area contributed by atoms with Gasteiger partial charge in [0.15, 0.2) is 0 Å². The van der Waals surface area contributed by atoms with Gasteiger partial charge in [0.05, 0.1) is 6.04 Å². The first-order chi connectivity index (χ1) is 15.2. The molecule has 0 fully saturated rings. The van der Waals surface area contributed by atoms with E-state index in [9.17, 15) is 9.36 Å². The predicted molar refractivity (Wildman–Crippen MR) is 128 cm³/mol. The minimum absolute atomic E-state index is 0.179. The molecule has 3 nitrogen and oxygen atoms in total. The lowest BCUT2D eigenvalue weighted by molar-refractivity contribution is 0.0940. The Morgan fingerprint density at radius 3 is 1.55 bits per heavy atom. The molecule has 1 N–H and O–H groups in total. The zero-order chi connectivity index (χ0) is 21.5. The highest BCUT2D eigenvalue weighted by molar-refractivity contribution is 7.78. The third kappa shape index (κ3) is 4.84. The summed E-state index contributed by atoms with van der Waals surface area (Å²) in [5.41, 5.74) is 1.51. The molecule has 0 aliphatic heterocycles. The maximum absolute atomic E-state index is 14.6. The summed E-state index contributed by atoms with van der Waals surface area (Å²) in [7, 11) is -3.01. The largest absolute Gasteiger partial charge is 0.345 e. The first-order valence-electron chi connectivity index (χ1n) is 10.3. The zero-order valence-corrected chi connectivity index (χ0v) is 18.0. The second-order valence-electron chi connectivity index (χ2n) is 7.40. The molecule has 0 bridgehead atoms. The maximum Gasteiger partial charge on any atom is 0.251 e. The quantitative estimate of drug-likeness (QED) is 0.415. The van der Waals surface area contributed by atoms with Gasteiger partial charge in [-0.2, -0.15) is 0 Å². The standard InChI is InChI=1S/C27H24NO2P/c29-27(23-15-7-2-8-16-23)28-26(22-13-5-1-6-14-22)21-31(30,24-17-9-3-10-18-24)25-19-11-4-12-20-25/h1-20,26H,21H2,(H,28,29)/t26-/m1/s1. The number of rotatable bonds is 7. The molecule has 1 amide bonds. The number of nitrogens with one attached hydrogen (secondary N) is 1. The van der Waals surface area contributed by atoms with Gasteiger partial charge in [-0.05, 0) is 17.7 Å². The van der Waals surface area contributed by atoms with Crippen molar-refractivity contribution in [2.45, 2.75) is 6.04 Å². The first-order valence-corrected chi connectivity index (χ1v) is 12.2. The fourth-order valence-corrected chi connectivity index (χ4v) is 6.55. The fraction of sp³-hybridized carbons (Fsp3) is 0.0741. The average molecular weight is 425 g/mol. The Labute approximate surface area is 183 Å². The van der Waals surface area contributed by atoms with Crippen LogP contribution in [0.15, 0.2) is 121 Å². The smallest absolute Gasteiger partial charge is 0.251 e. The monoisotopic (exact) mass is 425 g/mol. The van der Waals surface area contributed by atoms with Gasteiger partial charge in [0, 0.05) is 22.3 Å². The number of benzene rings is 4. The fourth-order valence-electron chi connectivity index (χ4n) is 3.71. The minimum Gasteiger partial charge on any atom is -0.345 e. The summed E-state index contributed by atoms with van der Waals surface area (Å²) in [6.07, 6.45) is 0.295. The molecule has 31 heavy (non-hydrogen) atoms. The summed E-state index contributed by atoms with van der Waals surface area (Å²) >= 11 is 0. The summed E-state index contributed by atoms with van der Waals surface area (Å²) in [4.78, 5) is 13.0. The van der Waals surface area contributed by atoms with Gasteiger partial charge in [-0.3, -0.25) is 4.79 Å². The van der Waals surface area contributed by atoms with E-state index in [1.165, 1.54) is 0 Å². The van der Waals surface area contributed by atoms with E-state index in [2.05, 4.69) is 5.32 Å². The molecule has 4 rings (SSSR count). The van der Waals surface area contributed by atoms with Crippen LogP contribution >= 0.6 is 7.14 Å². The van der Waals surface area contributed by atoms with Crippen LogP contribution in [0.4, 0.5) is 0 Å². The van der Waals surface area contributed by atoms with Gasteiger partial charge < -0.3 is 9.88 Å². The van der Waals surface area contributed by atoms with Crippen LogP contribution in [0.25, 0.3) is 0 Å². The van der Waals surface area contributed by atoms with E-state index in [1.54, 1.807) is 12.1 Å². The Bertz CT molecular complexity index is 1120. The van der Waals surface area contributed by atoms with Crippen molar-refractivity contribution in [3.63, 3.8) is 0 Å². The molecule has 0 aliphatic carbocycles. The highest BCUT2D eigenvalue weighted by Crippen LogP contribution is 2.46. The second-order valence-corrected chi connectivity index (χ2v) is 10.3. The van der Waals surface area contributed by atoms with Gasteiger partial charge in [-0.25, -0.2) is 0 Å². The number of hydrogen-bond donors (Lipinski definition) is 1. The Hall–Kier alpha value is -3.42. The number of carbonyl (C=O) groups excluding carboxylic acids is 1. The highest BCUT2D eigenvalue weighted by Gasteiger charge is 2.32. The van der Waals surface area contributed by atoms with Crippen molar-refractivity contribution in [1.29, 1.82) is 0 Å².